The first-order valence-corrected chi connectivity index (χ1v) is 9.05. The van der Waals surface area contributed by atoms with Crippen molar-refractivity contribution in [2.45, 2.75) is 52.9 Å². The van der Waals surface area contributed by atoms with Crippen LogP contribution in [0.15, 0.2) is 41.0 Å². The molecule has 2 aliphatic rings. The summed E-state index contributed by atoms with van der Waals surface area (Å²) < 4.78 is 0. The molecule has 1 aliphatic heterocycles. The van der Waals surface area contributed by atoms with Gasteiger partial charge in [-0.15, -0.1) is 0 Å². The molecule has 2 heteroatoms. The van der Waals surface area contributed by atoms with Gasteiger partial charge in [0.15, 0.2) is 0 Å². The van der Waals surface area contributed by atoms with Crippen LogP contribution in [0.4, 0.5) is 0 Å². The Hall–Kier alpha value is -1.96. The minimum atomic E-state index is 0.453. The Morgan fingerprint density at radius 1 is 1.17 bits per heavy atom. The number of rotatable bonds is 2. The van der Waals surface area contributed by atoms with Crippen molar-refractivity contribution in [3.63, 3.8) is 0 Å². The minimum Gasteiger partial charge on any atom is -0.285 e. The average Bonchev–Trinajstić information content (AvgIpc) is 3.08. The molecular formula is C22H26N2. The summed E-state index contributed by atoms with van der Waals surface area (Å²) in [4.78, 5) is 9.30. The maximum absolute atomic E-state index is 4.67. The lowest BCUT2D eigenvalue weighted by molar-refractivity contribution is 0.376. The average molecular weight is 318 g/mol. The molecule has 2 heterocycles. The van der Waals surface area contributed by atoms with Crippen molar-refractivity contribution in [2.75, 3.05) is 6.54 Å². The van der Waals surface area contributed by atoms with E-state index in [1.165, 1.54) is 52.6 Å². The van der Waals surface area contributed by atoms with Crippen molar-refractivity contribution in [1.29, 1.82) is 0 Å². The molecule has 1 atom stereocenters. The zero-order valence-corrected chi connectivity index (χ0v) is 15.2. The Morgan fingerprint density at radius 2 is 2.00 bits per heavy atom. The molecule has 1 aliphatic carbocycles. The quantitative estimate of drug-likeness (QED) is 0.689. The van der Waals surface area contributed by atoms with Crippen molar-refractivity contribution in [3.05, 3.63) is 47.2 Å². The van der Waals surface area contributed by atoms with Crippen molar-refractivity contribution in [3.8, 4) is 0 Å². The molecule has 1 fully saturated rings. The van der Waals surface area contributed by atoms with Crippen molar-refractivity contribution >= 4 is 22.2 Å². The number of aromatic nitrogens is 1. The van der Waals surface area contributed by atoms with E-state index < -0.39 is 0 Å². The number of pyridine rings is 1. The number of benzene rings is 1. The number of aliphatic imine (C=N–C) groups is 1. The zero-order chi connectivity index (χ0) is 16.9. The SMILES string of the molecule is CC1=NCC(C)=C1c1cc(C2CCC(C)(C)C2)c2cccnc2c1. The highest BCUT2D eigenvalue weighted by molar-refractivity contribution is 6.25. The van der Waals surface area contributed by atoms with Gasteiger partial charge >= 0.3 is 0 Å². The lowest BCUT2D eigenvalue weighted by Gasteiger charge is -2.19. The van der Waals surface area contributed by atoms with Crippen molar-refractivity contribution < 1.29 is 0 Å². The minimum absolute atomic E-state index is 0.453. The maximum atomic E-state index is 4.67. The van der Waals surface area contributed by atoms with Gasteiger partial charge in [0.05, 0.1) is 12.1 Å². The molecular weight excluding hydrogens is 292 g/mol. The molecule has 0 bridgehead atoms. The summed E-state index contributed by atoms with van der Waals surface area (Å²) in [6, 6.07) is 8.99. The van der Waals surface area contributed by atoms with E-state index in [0.717, 1.165) is 12.1 Å². The highest BCUT2D eigenvalue weighted by Gasteiger charge is 2.33. The van der Waals surface area contributed by atoms with E-state index in [4.69, 9.17) is 0 Å². The van der Waals surface area contributed by atoms with Crippen LogP contribution in [-0.4, -0.2) is 17.2 Å². The fraction of sp³-hybridized carbons (Fsp3) is 0.455. The van der Waals surface area contributed by atoms with E-state index in [9.17, 15) is 0 Å². The van der Waals surface area contributed by atoms with Crippen LogP contribution < -0.4 is 0 Å². The van der Waals surface area contributed by atoms with E-state index in [-0.39, 0.29) is 0 Å². The third-order valence-electron chi connectivity index (χ3n) is 5.79. The van der Waals surface area contributed by atoms with Crippen molar-refractivity contribution in [1.82, 2.24) is 4.98 Å². The number of hydrogen-bond donors (Lipinski definition) is 0. The molecule has 0 radical (unpaired) electrons. The smallest absolute Gasteiger partial charge is 0.0711 e. The van der Waals surface area contributed by atoms with Gasteiger partial charge in [0.25, 0.3) is 0 Å². The molecule has 1 aromatic heterocycles. The lowest BCUT2D eigenvalue weighted by Crippen LogP contribution is -2.05. The van der Waals surface area contributed by atoms with Crippen LogP contribution >= 0.6 is 0 Å². The monoisotopic (exact) mass is 318 g/mol. The van der Waals surface area contributed by atoms with Crippen LogP contribution in [0.3, 0.4) is 0 Å². The fourth-order valence-corrected chi connectivity index (χ4v) is 4.55. The van der Waals surface area contributed by atoms with E-state index in [0.29, 0.717) is 11.3 Å². The summed E-state index contributed by atoms with van der Waals surface area (Å²) in [7, 11) is 0. The molecule has 2 nitrogen and oxygen atoms in total. The van der Waals surface area contributed by atoms with E-state index in [1.54, 1.807) is 0 Å². The second-order valence-corrected chi connectivity index (χ2v) is 8.30. The topological polar surface area (TPSA) is 25.2 Å². The largest absolute Gasteiger partial charge is 0.285 e. The standard InChI is InChI=1S/C22H26N2/c1-14-13-24-15(2)21(14)17-10-19(16-7-8-22(3,4)12-16)18-6-5-9-23-20(18)11-17/h5-6,9-11,16H,7-8,12-13H2,1-4H3. The first-order valence-electron chi connectivity index (χ1n) is 9.05. The van der Waals surface area contributed by atoms with Gasteiger partial charge < -0.3 is 0 Å². The third-order valence-corrected chi connectivity index (χ3v) is 5.79. The highest BCUT2D eigenvalue weighted by Crippen LogP contribution is 2.48. The Morgan fingerprint density at radius 3 is 2.67 bits per heavy atom. The van der Waals surface area contributed by atoms with Crippen LogP contribution in [0.5, 0.6) is 0 Å². The summed E-state index contributed by atoms with van der Waals surface area (Å²) in [5.74, 6) is 0.645. The molecule has 0 saturated heterocycles. The van der Waals surface area contributed by atoms with Crippen LogP contribution in [-0.2, 0) is 0 Å². The third kappa shape index (κ3) is 2.58. The number of hydrogen-bond acceptors (Lipinski definition) is 2. The zero-order valence-electron chi connectivity index (χ0n) is 15.2. The van der Waals surface area contributed by atoms with Crippen LogP contribution in [0.25, 0.3) is 16.5 Å². The predicted molar refractivity (Wildman–Crippen MR) is 103 cm³/mol. The molecule has 1 unspecified atom stereocenters. The van der Waals surface area contributed by atoms with Gasteiger partial charge in [-0.25, -0.2) is 0 Å². The van der Waals surface area contributed by atoms with Gasteiger partial charge in [-0.1, -0.05) is 26.0 Å². The number of allylic oxidation sites excluding steroid dienone is 1. The molecule has 0 amide bonds. The summed E-state index contributed by atoms with van der Waals surface area (Å²) >= 11 is 0. The Bertz CT molecular complexity index is 871. The van der Waals surface area contributed by atoms with Gasteiger partial charge in [-0.2, -0.15) is 0 Å². The van der Waals surface area contributed by atoms with E-state index in [2.05, 4.69) is 61.9 Å². The van der Waals surface area contributed by atoms with E-state index in [1.807, 2.05) is 6.20 Å². The molecule has 4 rings (SSSR count). The normalized spacial score (nSPS) is 23.2. The first kappa shape index (κ1) is 15.6. The molecule has 1 aromatic carbocycles. The molecule has 0 N–H and O–H groups in total. The van der Waals surface area contributed by atoms with Gasteiger partial charge in [0.2, 0.25) is 0 Å². The molecule has 1 saturated carbocycles. The Kier molecular flexibility index (Phi) is 3.59. The van der Waals surface area contributed by atoms with Crippen molar-refractivity contribution in [2.24, 2.45) is 10.4 Å². The first-order chi connectivity index (χ1) is 11.4. The summed E-state index contributed by atoms with van der Waals surface area (Å²) in [6.45, 7) is 9.98. The molecule has 2 aromatic rings. The van der Waals surface area contributed by atoms with Gasteiger partial charge in [-0.3, -0.25) is 9.98 Å². The Balaban J connectivity index is 1.89. The summed E-state index contributed by atoms with van der Waals surface area (Å²) in [5.41, 5.74) is 8.24. The summed E-state index contributed by atoms with van der Waals surface area (Å²) in [5, 5.41) is 1.33. The lowest BCUT2D eigenvalue weighted by atomic mass is 9.85. The fourth-order valence-electron chi connectivity index (χ4n) is 4.55. The Labute approximate surface area is 144 Å². The van der Waals surface area contributed by atoms with Gasteiger partial charge in [-0.05, 0) is 73.3 Å². The van der Waals surface area contributed by atoms with Crippen LogP contribution in [0, 0.1) is 5.41 Å². The second kappa shape index (κ2) is 5.54. The van der Waals surface area contributed by atoms with E-state index >= 15 is 0 Å². The molecule has 24 heavy (non-hydrogen) atoms. The molecule has 0 spiro atoms. The number of nitrogens with zero attached hydrogens (tertiary/aromatic N) is 2. The maximum Gasteiger partial charge on any atom is 0.0711 e. The van der Waals surface area contributed by atoms with Gasteiger partial charge in [0.1, 0.15) is 0 Å². The molecule has 124 valence electrons. The number of fused-ring (bicyclic) bond motifs is 1. The summed E-state index contributed by atoms with van der Waals surface area (Å²) in [6.07, 6.45) is 5.77. The van der Waals surface area contributed by atoms with Gasteiger partial charge in [0, 0.05) is 22.9 Å². The predicted octanol–water partition coefficient (Wildman–Crippen LogP) is 5.78. The second-order valence-electron chi connectivity index (χ2n) is 8.30. The van der Waals surface area contributed by atoms with Crippen LogP contribution in [0.2, 0.25) is 0 Å². The highest BCUT2D eigenvalue weighted by atomic mass is 14.8. The van der Waals surface area contributed by atoms with Crippen LogP contribution in [0.1, 0.15) is 64.0 Å².